The molecule has 0 radical (unpaired) electrons. The van der Waals surface area contributed by atoms with Gasteiger partial charge >= 0.3 is 11.8 Å². The Morgan fingerprint density at radius 1 is 0.318 bits per heavy atom. The summed E-state index contributed by atoms with van der Waals surface area (Å²) >= 11 is 0. The fourth-order valence-corrected chi connectivity index (χ4v) is 25.3. The van der Waals surface area contributed by atoms with Gasteiger partial charge in [0.25, 0.3) is 0 Å². The summed E-state index contributed by atoms with van der Waals surface area (Å²) in [5.41, 5.74) is -4.08. The highest BCUT2D eigenvalue weighted by molar-refractivity contribution is 6.77. The molecule has 9 aliphatic carbocycles. The summed E-state index contributed by atoms with van der Waals surface area (Å²) in [6.07, 6.45) is 0. The van der Waals surface area contributed by atoms with Crippen LogP contribution in [-0.4, -0.2) is 38.6 Å². The van der Waals surface area contributed by atoms with Crippen LogP contribution in [0.1, 0.15) is 125 Å². The second-order valence-electron chi connectivity index (χ2n) is 31.8. The second-order valence-corrected chi connectivity index (χ2v) is 31.8. The first-order valence-corrected chi connectivity index (χ1v) is 30.4. The van der Waals surface area contributed by atoms with E-state index >= 15 is 15.0 Å². The molecular formula is C74H32O11. The third-order valence-corrected chi connectivity index (χ3v) is 25.8. The predicted octanol–water partition coefficient (Wildman–Crippen LogP) is 15.5. The molecule has 0 unspecified atom stereocenters. The van der Waals surface area contributed by atoms with Crippen molar-refractivity contribution >= 4 is 221 Å². The highest BCUT2D eigenvalue weighted by Crippen LogP contribution is 2.90. The van der Waals surface area contributed by atoms with Gasteiger partial charge in [0.2, 0.25) is 0 Å². The summed E-state index contributed by atoms with van der Waals surface area (Å²) in [7, 11) is 0. The Hall–Kier alpha value is -8.07. The van der Waals surface area contributed by atoms with Crippen molar-refractivity contribution < 1.29 is 53.8 Å². The molecule has 2 N–H and O–H groups in total. The summed E-state index contributed by atoms with van der Waals surface area (Å²) in [6.45, 7) is 19.6. The maximum absolute atomic E-state index is 16.4. The molecule has 21 aromatic carbocycles. The number of aliphatic hydroxyl groups is 2. The van der Waals surface area contributed by atoms with Crippen molar-refractivity contribution in [3.63, 3.8) is 0 Å². The van der Waals surface area contributed by atoms with Gasteiger partial charge in [-0.25, -0.2) is 29.3 Å². The summed E-state index contributed by atoms with van der Waals surface area (Å²) in [6, 6.07) is 0. The van der Waals surface area contributed by atoms with Gasteiger partial charge in [0, 0.05) is 78.9 Å². The molecule has 394 valence electrons. The predicted molar refractivity (Wildman–Crippen MR) is 322 cm³/mol. The molecule has 2 heterocycles. The van der Waals surface area contributed by atoms with Gasteiger partial charge < -0.3 is 19.7 Å². The van der Waals surface area contributed by atoms with E-state index in [-0.39, 0.29) is 5.76 Å². The molecule has 0 aromatic heterocycles. The minimum absolute atomic E-state index is 0.0197. The van der Waals surface area contributed by atoms with Crippen LogP contribution in [0.15, 0.2) is 22.5 Å². The van der Waals surface area contributed by atoms with Gasteiger partial charge in [-0.15, -0.1) is 0 Å². The van der Waals surface area contributed by atoms with Gasteiger partial charge in [-0.3, -0.25) is 4.79 Å². The molecule has 0 fully saturated rings. The Morgan fingerprint density at radius 2 is 0.553 bits per heavy atom. The van der Waals surface area contributed by atoms with Gasteiger partial charge in [-0.2, -0.15) is 0 Å². The van der Waals surface area contributed by atoms with Crippen molar-refractivity contribution in [2.24, 2.45) is 0 Å². The molecule has 2 aliphatic heterocycles. The lowest BCUT2D eigenvalue weighted by molar-refractivity contribution is -0.408. The molecule has 32 rings (SSSR count). The number of ether oxygens (including phenoxy) is 2. The molecular weight excluding hydrogens is 1060 g/mol. The van der Waals surface area contributed by atoms with Crippen LogP contribution in [0.25, 0.3) is 215 Å². The zero-order valence-electron chi connectivity index (χ0n) is 46.6. The number of hydrogen-bond donors (Lipinski definition) is 2. The number of hydrogen-bond acceptors (Lipinski definition) is 11. The van der Waals surface area contributed by atoms with Crippen LogP contribution in [0.4, 0.5) is 0 Å². The molecule has 2 bridgehead atoms. The maximum Gasteiger partial charge on any atom is 0.309 e. The fourth-order valence-electron chi connectivity index (χ4n) is 25.3. The first-order chi connectivity index (χ1) is 40.7. The van der Waals surface area contributed by atoms with E-state index in [1.165, 1.54) is 147 Å². The van der Waals surface area contributed by atoms with Crippen LogP contribution in [0, 0.1) is 0 Å². The molecule has 0 saturated heterocycles. The van der Waals surface area contributed by atoms with Crippen LogP contribution in [0.5, 0.6) is 0 Å². The Balaban J connectivity index is 1.08. The number of benzene rings is 15. The summed E-state index contributed by atoms with van der Waals surface area (Å²) < 4.78 is 15.8. The lowest BCUT2D eigenvalue weighted by atomic mass is 9.53. The molecule has 0 saturated carbocycles. The molecule has 11 nitrogen and oxygen atoms in total. The molecule has 0 amide bonds. The number of carbonyl (C=O) groups is 1. The maximum atomic E-state index is 16.4. The Kier molecular flexibility index (Phi) is 4.06. The van der Waals surface area contributed by atoms with E-state index < -0.39 is 56.6 Å². The first kappa shape index (κ1) is 38.8. The van der Waals surface area contributed by atoms with Crippen LogP contribution in [-0.2, 0) is 71.8 Å². The Labute approximate surface area is 470 Å². The number of esters is 1. The highest BCUT2D eigenvalue weighted by atomic mass is 17.2. The second kappa shape index (κ2) is 8.89. The van der Waals surface area contributed by atoms with Gasteiger partial charge in [-0.05, 0) is 267 Å². The molecule has 0 spiro atoms. The first-order valence-electron chi connectivity index (χ1n) is 30.4. The van der Waals surface area contributed by atoms with Crippen LogP contribution in [0.2, 0.25) is 0 Å². The quantitative estimate of drug-likeness (QED) is 0.0684. The third-order valence-electron chi connectivity index (χ3n) is 25.8. The van der Waals surface area contributed by atoms with Crippen LogP contribution >= 0.6 is 0 Å². The standard InChI is InChI=1S/C74H32O11/c1-11(75)78-74-60-50-40-30-20-15-13-12-14-16(15)21-29-28-19(14)26-25-18(12)23-22-17(13)24-27(20)37(40)47-44-33(24)32(22)42-43-34(23)35(25)45-46-36(26)38(28)48-49-39(29)41(31(21)30)51(50)61(74)59(49)72(76)58(48)56(46)71(85-82-68(8,9)10)55(45)54(43)69(83-80-66(2,3)4)52(42)53(44)70(57(47)60,84-81-67(5,6)7)63-62(69)64(71)73(72,77)65(63)79-74/h76-77H,1-10H3/t69-,70+,71-,72-,73+,74-/m1/s1. The van der Waals surface area contributed by atoms with E-state index in [1.54, 1.807) is 0 Å². The monoisotopic (exact) mass is 1100 g/mol. The van der Waals surface area contributed by atoms with Gasteiger partial charge in [0.1, 0.15) is 5.76 Å². The van der Waals surface area contributed by atoms with Crippen molar-refractivity contribution in [2.45, 2.75) is 120 Å². The van der Waals surface area contributed by atoms with Crippen molar-refractivity contribution in [1.82, 2.24) is 0 Å². The van der Waals surface area contributed by atoms with Crippen LogP contribution in [0.3, 0.4) is 0 Å². The minimum Gasteiger partial charge on any atom is -0.445 e. The highest BCUT2D eigenvalue weighted by Gasteiger charge is 2.87. The van der Waals surface area contributed by atoms with E-state index in [4.69, 9.17) is 38.8 Å². The zero-order chi connectivity index (χ0) is 54.9. The van der Waals surface area contributed by atoms with E-state index in [1.807, 2.05) is 62.3 Å². The van der Waals surface area contributed by atoms with Crippen molar-refractivity contribution in [2.75, 3.05) is 0 Å². The van der Waals surface area contributed by atoms with E-state index in [0.29, 0.717) is 39.0 Å². The summed E-state index contributed by atoms with van der Waals surface area (Å²) in [4.78, 5) is 60.6. The fraction of sp³-hybridized carbons (Fsp3) is 0.257. The number of carbonyl (C=O) groups excluding carboxylic acids is 1. The Bertz CT molecular complexity index is 7380. The van der Waals surface area contributed by atoms with E-state index in [9.17, 15) is 0 Å². The normalized spacial score (nSPS) is 29.3. The van der Waals surface area contributed by atoms with Crippen molar-refractivity contribution in [3.8, 4) is 0 Å². The lowest BCUT2D eigenvalue weighted by Gasteiger charge is -2.56. The molecule has 6 atom stereocenters. The average molecular weight is 1100 g/mol. The van der Waals surface area contributed by atoms with Gasteiger partial charge in [0.05, 0.1) is 27.9 Å². The molecule has 21 aromatic rings. The van der Waals surface area contributed by atoms with Crippen LogP contribution < -0.4 is 0 Å². The smallest absolute Gasteiger partial charge is 0.309 e. The average Bonchev–Trinajstić information content (AvgIpc) is 1.38. The lowest BCUT2D eigenvalue weighted by Crippen LogP contribution is -2.63. The third kappa shape index (κ3) is 2.42. The number of rotatable bonds is 7. The zero-order valence-corrected chi connectivity index (χ0v) is 46.6. The molecule has 11 aliphatic rings. The Morgan fingerprint density at radius 3 is 0.882 bits per heavy atom. The molecule has 11 heteroatoms. The summed E-state index contributed by atoms with van der Waals surface area (Å²) in [5, 5.41) is 80.6. The van der Waals surface area contributed by atoms with E-state index in [2.05, 4.69) is 0 Å². The minimum atomic E-state index is -2.57. The van der Waals surface area contributed by atoms with Gasteiger partial charge in [0.15, 0.2) is 28.0 Å². The largest absolute Gasteiger partial charge is 0.445 e. The summed E-state index contributed by atoms with van der Waals surface area (Å²) in [5.74, 6) is -2.64. The van der Waals surface area contributed by atoms with Gasteiger partial charge in [-0.1, -0.05) is 0 Å². The van der Waals surface area contributed by atoms with Crippen molar-refractivity contribution in [3.05, 3.63) is 78.1 Å². The molecule has 85 heavy (non-hydrogen) atoms. The topological polar surface area (TPSA) is 131 Å². The van der Waals surface area contributed by atoms with Crippen molar-refractivity contribution in [1.29, 1.82) is 0 Å². The van der Waals surface area contributed by atoms with E-state index in [0.717, 1.165) is 109 Å². The SMILES string of the molecule is CC(=O)O[C@@]12OC3=C4C5=C6[C@@]7(OOC(C)(C)C)c8c9c%10c%11c(c%12c%13c%14c(c1c1c%15c2c2c%16c%17c(c7c7c8c8c%10c%10c%18c%11c%13c%11c%13c%14c1c1c%14c%15c%16c%15c%16c%17c7c7c8c%10c8c(c%11%18)c(c1%13)c(c%14%15)c8c7%16)[C@]2(O)[C@@]36O)[C@]4%12OOC(C)(C)C)[C@]59OOC(C)(C)C.